The zero-order valence-electron chi connectivity index (χ0n) is 14.4. The number of nitrogens with one attached hydrogen (secondary N) is 2. The first-order chi connectivity index (χ1) is 11.2. The molecule has 3 saturated carbocycles. The summed E-state index contributed by atoms with van der Waals surface area (Å²) < 4.78 is 5.91. The van der Waals surface area contributed by atoms with Crippen molar-refractivity contribution in [3.05, 3.63) is 0 Å². The lowest BCUT2D eigenvalue weighted by Gasteiger charge is -2.54. The third-order valence-electron chi connectivity index (χ3n) is 6.43. The molecule has 3 aliphatic carbocycles. The van der Waals surface area contributed by atoms with Gasteiger partial charge < -0.3 is 20.5 Å². The molecule has 3 rings (SSSR count). The monoisotopic (exact) mass is 324 g/mol. The fraction of sp³-hybridized carbons (Fsp3) is 0.944. The van der Waals surface area contributed by atoms with Crippen molar-refractivity contribution in [3.63, 3.8) is 0 Å². The molecule has 3 fully saturated rings. The lowest BCUT2D eigenvalue weighted by Crippen LogP contribution is -2.65. The Balaban J connectivity index is 1.47. The Morgan fingerprint density at radius 3 is 2.48 bits per heavy atom. The molecule has 0 aromatic heterocycles. The zero-order chi connectivity index (χ0) is 16.3. The third-order valence-corrected chi connectivity index (χ3v) is 6.43. The smallest absolute Gasteiger partial charge is 0.315 e. The van der Waals surface area contributed by atoms with Crippen LogP contribution in [0.15, 0.2) is 0 Å². The van der Waals surface area contributed by atoms with E-state index >= 15 is 0 Å². The molecule has 0 saturated heterocycles. The van der Waals surface area contributed by atoms with Gasteiger partial charge in [-0.1, -0.05) is 12.8 Å². The summed E-state index contributed by atoms with van der Waals surface area (Å²) in [5, 5.41) is 15.6. The number of aliphatic hydroxyl groups excluding tert-OH is 1. The number of ether oxygens (including phenoxy) is 1. The van der Waals surface area contributed by atoms with E-state index < -0.39 is 0 Å². The van der Waals surface area contributed by atoms with Crippen molar-refractivity contribution < 1.29 is 14.6 Å². The van der Waals surface area contributed by atoms with Crippen LogP contribution in [0.25, 0.3) is 0 Å². The number of carbonyl (C=O) groups excluding carboxylic acids is 1. The normalized spacial score (nSPS) is 35.7. The van der Waals surface area contributed by atoms with E-state index in [0.717, 1.165) is 38.7 Å². The molecule has 1 spiro atoms. The highest BCUT2D eigenvalue weighted by molar-refractivity contribution is 5.75. The number of urea groups is 1. The maximum Gasteiger partial charge on any atom is 0.315 e. The van der Waals surface area contributed by atoms with Gasteiger partial charge >= 0.3 is 6.03 Å². The van der Waals surface area contributed by atoms with Crippen LogP contribution in [0.4, 0.5) is 4.79 Å². The number of rotatable bonds is 5. The van der Waals surface area contributed by atoms with Gasteiger partial charge in [-0.2, -0.15) is 0 Å². The predicted octanol–water partition coefficient (Wildman–Crippen LogP) is 2.57. The predicted molar refractivity (Wildman–Crippen MR) is 89.2 cm³/mol. The van der Waals surface area contributed by atoms with Crippen molar-refractivity contribution in [3.8, 4) is 0 Å². The summed E-state index contributed by atoms with van der Waals surface area (Å²) in [5.41, 5.74) is 0.196. The van der Waals surface area contributed by atoms with Gasteiger partial charge in [0.2, 0.25) is 0 Å². The zero-order valence-corrected chi connectivity index (χ0v) is 14.4. The number of aliphatic hydroxyl groups is 1. The molecule has 2 atom stereocenters. The first-order valence-corrected chi connectivity index (χ1v) is 9.47. The van der Waals surface area contributed by atoms with Gasteiger partial charge in [0, 0.05) is 30.7 Å². The van der Waals surface area contributed by atoms with Gasteiger partial charge in [-0.05, 0) is 57.8 Å². The molecular formula is C18H32N2O3. The van der Waals surface area contributed by atoms with Crippen molar-refractivity contribution >= 4 is 6.03 Å². The molecule has 23 heavy (non-hydrogen) atoms. The first kappa shape index (κ1) is 17.0. The maximum absolute atomic E-state index is 12.4. The van der Waals surface area contributed by atoms with Crippen molar-refractivity contribution in [2.45, 2.75) is 82.9 Å². The van der Waals surface area contributed by atoms with Gasteiger partial charge in [0.05, 0.1) is 6.10 Å². The molecule has 3 aliphatic rings. The van der Waals surface area contributed by atoms with Crippen molar-refractivity contribution in [2.24, 2.45) is 11.3 Å². The summed E-state index contributed by atoms with van der Waals surface area (Å²) in [6.07, 6.45) is 10.2. The number of carbonyl (C=O) groups is 1. The highest BCUT2D eigenvalue weighted by Crippen LogP contribution is 2.54. The fourth-order valence-electron chi connectivity index (χ4n) is 4.96. The van der Waals surface area contributed by atoms with Crippen LogP contribution in [0, 0.1) is 11.3 Å². The Bertz CT molecular complexity index is 401. The molecule has 3 N–H and O–H groups in total. The van der Waals surface area contributed by atoms with E-state index in [0.29, 0.717) is 12.0 Å². The van der Waals surface area contributed by atoms with Gasteiger partial charge in [-0.15, -0.1) is 0 Å². The van der Waals surface area contributed by atoms with Gasteiger partial charge in [-0.25, -0.2) is 4.79 Å². The molecule has 0 aliphatic heterocycles. The van der Waals surface area contributed by atoms with Crippen LogP contribution in [0.5, 0.6) is 0 Å². The second-order valence-electron chi connectivity index (χ2n) is 7.69. The maximum atomic E-state index is 12.4. The van der Waals surface area contributed by atoms with Crippen molar-refractivity contribution in [1.29, 1.82) is 0 Å². The molecule has 2 unspecified atom stereocenters. The second-order valence-corrected chi connectivity index (χ2v) is 7.69. The van der Waals surface area contributed by atoms with Gasteiger partial charge in [0.1, 0.15) is 0 Å². The largest absolute Gasteiger partial charge is 0.396 e. The molecule has 0 aromatic carbocycles. The average molecular weight is 324 g/mol. The Labute approximate surface area is 139 Å². The van der Waals surface area contributed by atoms with E-state index in [1.165, 1.54) is 25.7 Å². The molecule has 2 amide bonds. The lowest BCUT2D eigenvalue weighted by molar-refractivity contribution is -0.126. The standard InChI is InChI=1S/C18H32N2O3/c1-2-23-16-11-15(18(16)9-3-4-10-18)20-17(22)19-14-7-5-13(12-21)6-8-14/h13-16,21H,2-12H2,1H3,(H2,19,20,22). The van der Waals surface area contributed by atoms with E-state index in [-0.39, 0.29) is 30.1 Å². The van der Waals surface area contributed by atoms with E-state index in [9.17, 15) is 9.90 Å². The van der Waals surface area contributed by atoms with Crippen LogP contribution in [-0.2, 0) is 4.74 Å². The molecule has 132 valence electrons. The van der Waals surface area contributed by atoms with Crippen molar-refractivity contribution in [1.82, 2.24) is 10.6 Å². The highest BCUT2D eigenvalue weighted by atomic mass is 16.5. The third kappa shape index (κ3) is 3.50. The minimum Gasteiger partial charge on any atom is -0.396 e. The van der Waals surface area contributed by atoms with Gasteiger partial charge in [-0.3, -0.25) is 0 Å². The summed E-state index contributed by atoms with van der Waals surface area (Å²) in [5.74, 6) is 0.427. The number of amides is 2. The molecule has 5 nitrogen and oxygen atoms in total. The highest BCUT2D eigenvalue weighted by Gasteiger charge is 2.57. The summed E-state index contributed by atoms with van der Waals surface area (Å²) >= 11 is 0. The molecule has 0 bridgehead atoms. The van der Waals surface area contributed by atoms with Crippen molar-refractivity contribution in [2.75, 3.05) is 13.2 Å². The van der Waals surface area contributed by atoms with Crippen LogP contribution >= 0.6 is 0 Å². The van der Waals surface area contributed by atoms with Crippen LogP contribution < -0.4 is 10.6 Å². The molecule has 0 radical (unpaired) electrons. The number of hydrogen-bond donors (Lipinski definition) is 3. The van der Waals surface area contributed by atoms with Crippen LogP contribution in [-0.4, -0.2) is 42.5 Å². The average Bonchev–Trinajstić information content (AvgIpc) is 3.07. The Morgan fingerprint density at radius 2 is 1.87 bits per heavy atom. The van der Waals surface area contributed by atoms with Crippen LogP contribution in [0.1, 0.15) is 64.7 Å². The quantitative estimate of drug-likeness (QED) is 0.728. The SMILES string of the molecule is CCOC1CC(NC(=O)NC2CCC(CO)CC2)C12CCCC2. The summed E-state index contributed by atoms with van der Waals surface area (Å²) in [4.78, 5) is 12.4. The second kappa shape index (κ2) is 7.39. The molecular weight excluding hydrogens is 292 g/mol. The van der Waals surface area contributed by atoms with Gasteiger partial charge in [0.25, 0.3) is 0 Å². The Hall–Kier alpha value is -0.810. The molecule has 0 aromatic rings. The summed E-state index contributed by atoms with van der Waals surface area (Å²) in [6, 6.07) is 0.527. The van der Waals surface area contributed by atoms with E-state index in [2.05, 4.69) is 17.6 Å². The first-order valence-electron chi connectivity index (χ1n) is 9.47. The Morgan fingerprint density at radius 1 is 1.17 bits per heavy atom. The number of hydrogen-bond acceptors (Lipinski definition) is 3. The summed E-state index contributed by atoms with van der Waals surface area (Å²) in [6.45, 7) is 3.10. The topological polar surface area (TPSA) is 70.6 Å². The lowest BCUT2D eigenvalue weighted by atomic mass is 9.60. The fourth-order valence-corrected chi connectivity index (χ4v) is 4.96. The minimum absolute atomic E-state index is 0.0105. The molecule has 5 heteroatoms. The Kier molecular flexibility index (Phi) is 5.47. The molecule has 0 heterocycles. The van der Waals surface area contributed by atoms with Gasteiger partial charge in [0.15, 0.2) is 0 Å². The van der Waals surface area contributed by atoms with E-state index in [4.69, 9.17) is 4.74 Å². The minimum atomic E-state index is -0.0105. The van der Waals surface area contributed by atoms with Crippen LogP contribution in [0.2, 0.25) is 0 Å². The summed E-state index contributed by atoms with van der Waals surface area (Å²) in [7, 11) is 0. The van der Waals surface area contributed by atoms with Crippen LogP contribution in [0.3, 0.4) is 0 Å². The van der Waals surface area contributed by atoms with E-state index in [1.807, 2.05) is 0 Å². The van der Waals surface area contributed by atoms with E-state index in [1.54, 1.807) is 0 Å².